The number of thiocarbonyl (C=S) groups is 1. The third-order valence-corrected chi connectivity index (χ3v) is 4.87. The minimum Gasteiger partial charge on any atom is -0.497 e. The fourth-order valence-electron chi connectivity index (χ4n) is 2.62. The fraction of sp³-hybridized carbons (Fsp3) is 0.0909. The van der Waals surface area contributed by atoms with Gasteiger partial charge >= 0.3 is 0 Å². The predicted octanol–water partition coefficient (Wildman–Crippen LogP) is 5.71. The van der Waals surface area contributed by atoms with Crippen LogP contribution in [0.4, 0.5) is 5.69 Å². The maximum absolute atomic E-state index is 12.7. The summed E-state index contributed by atoms with van der Waals surface area (Å²) in [7, 11) is 1.60. The van der Waals surface area contributed by atoms with Gasteiger partial charge in [-0.05, 0) is 60.7 Å². The molecule has 0 saturated heterocycles. The SMILES string of the molecule is COc1ccc(OCc2ccccc2C(=O)NC(=S)Nc2ccc(Cl)cc2Cl)cc1. The number of nitrogens with one attached hydrogen (secondary N) is 2. The van der Waals surface area contributed by atoms with Crippen molar-refractivity contribution in [2.45, 2.75) is 6.61 Å². The average Bonchev–Trinajstić information content (AvgIpc) is 2.74. The van der Waals surface area contributed by atoms with Gasteiger partial charge in [0, 0.05) is 16.1 Å². The van der Waals surface area contributed by atoms with Gasteiger partial charge in [-0.15, -0.1) is 0 Å². The first kappa shape index (κ1) is 21.9. The summed E-state index contributed by atoms with van der Waals surface area (Å²) in [6.45, 7) is 0.221. The summed E-state index contributed by atoms with van der Waals surface area (Å²) < 4.78 is 10.9. The van der Waals surface area contributed by atoms with Gasteiger partial charge in [-0.1, -0.05) is 41.4 Å². The Hall–Kier alpha value is -2.80. The highest BCUT2D eigenvalue weighted by Gasteiger charge is 2.14. The molecule has 1 amide bonds. The van der Waals surface area contributed by atoms with Gasteiger partial charge in [-0.2, -0.15) is 0 Å². The lowest BCUT2D eigenvalue weighted by molar-refractivity contribution is 0.0975. The Balaban J connectivity index is 1.64. The smallest absolute Gasteiger partial charge is 0.257 e. The van der Waals surface area contributed by atoms with E-state index in [4.69, 9.17) is 44.9 Å². The lowest BCUT2D eigenvalue weighted by Gasteiger charge is -2.14. The number of hydrogen-bond donors (Lipinski definition) is 2. The molecule has 3 rings (SSSR count). The molecule has 30 heavy (non-hydrogen) atoms. The molecule has 0 fully saturated rings. The molecule has 3 aromatic rings. The number of carbonyl (C=O) groups is 1. The fourth-order valence-corrected chi connectivity index (χ4v) is 3.27. The molecule has 0 aliphatic rings. The molecule has 5 nitrogen and oxygen atoms in total. The van der Waals surface area contributed by atoms with Gasteiger partial charge in [-0.3, -0.25) is 10.1 Å². The van der Waals surface area contributed by atoms with Crippen LogP contribution in [0, 0.1) is 0 Å². The number of hydrogen-bond acceptors (Lipinski definition) is 4. The van der Waals surface area contributed by atoms with E-state index in [-0.39, 0.29) is 17.6 Å². The molecule has 154 valence electrons. The molecule has 0 aromatic heterocycles. The van der Waals surface area contributed by atoms with Gasteiger partial charge in [0.15, 0.2) is 5.11 Å². The molecule has 0 radical (unpaired) electrons. The molecule has 0 bridgehead atoms. The summed E-state index contributed by atoms with van der Waals surface area (Å²) in [5, 5.41) is 6.57. The highest BCUT2D eigenvalue weighted by molar-refractivity contribution is 7.80. The van der Waals surface area contributed by atoms with Gasteiger partial charge in [0.2, 0.25) is 0 Å². The molecule has 2 N–H and O–H groups in total. The van der Waals surface area contributed by atoms with Crippen molar-refractivity contribution in [3.8, 4) is 11.5 Å². The van der Waals surface area contributed by atoms with Crippen molar-refractivity contribution < 1.29 is 14.3 Å². The van der Waals surface area contributed by atoms with Gasteiger partial charge in [0.1, 0.15) is 18.1 Å². The lowest BCUT2D eigenvalue weighted by atomic mass is 10.1. The van der Waals surface area contributed by atoms with E-state index in [0.717, 1.165) is 11.3 Å². The van der Waals surface area contributed by atoms with Crippen LogP contribution in [0.2, 0.25) is 10.0 Å². The molecule has 0 saturated carbocycles. The summed E-state index contributed by atoms with van der Waals surface area (Å²) in [6, 6.07) is 19.3. The maximum Gasteiger partial charge on any atom is 0.257 e. The van der Waals surface area contributed by atoms with Crippen LogP contribution in [-0.2, 0) is 6.61 Å². The summed E-state index contributed by atoms with van der Waals surface area (Å²) in [5.41, 5.74) is 1.72. The second kappa shape index (κ2) is 10.3. The largest absolute Gasteiger partial charge is 0.497 e. The number of benzene rings is 3. The second-order valence-electron chi connectivity index (χ2n) is 6.15. The summed E-state index contributed by atoms with van der Waals surface area (Å²) in [6.07, 6.45) is 0. The third kappa shape index (κ3) is 5.86. The molecule has 0 spiro atoms. The second-order valence-corrected chi connectivity index (χ2v) is 7.41. The Morgan fingerprint density at radius 1 is 1.00 bits per heavy atom. The van der Waals surface area contributed by atoms with E-state index in [1.807, 2.05) is 12.1 Å². The van der Waals surface area contributed by atoms with E-state index in [1.165, 1.54) is 0 Å². The number of amides is 1. The standard InChI is InChI=1S/C22H18Cl2N2O3S/c1-28-16-7-9-17(10-8-16)29-13-14-4-2-3-5-18(14)21(27)26-22(30)25-20-11-6-15(23)12-19(20)24/h2-12H,13H2,1H3,(H2,25,26,27,30). The number of carbonyl (C=O) groups excluding carboxylic acids is 1. The molecule has 0 aliphatic carbocycles. The van der Waals surface area contributed by atoms with Crippen molar-refractivity contribution in [3.05, 3.63) is 87.9 Å². The Morgan fingerprint density at radius 3 is 2.40 bits per heavy atom. The molecule has 0 unspecified atom stereocenters. The Morgan fingerprint density at radius 2 is 1.70 bits per heavy atom. The van der Waals surface area contributed by atoms with Crippen LogP contribution in [0.1, 0.15) is 15.9 Å². The van der Waals surface area contributed by atoms with Crippen LogP contribution in [-0.4, -0.2) is 18.1 Å². The maximum atomic E-state index is 12.7. The van der Waals surface area contributed by atoms with E-state index in [2.05, 4.69) is 10.6 Å². The number of ether oxygens (including phenoxy) is 2. The van der Waals surface area contributed by atoms with Gasteiger partial charge in [0.25, 0.3) is 5.91 Å². The Labute approximate surface area is 189 Å². The highest BCUT2D eigenvalue weighted by atomic mass is 35.5. The van der Waals surface area contributed by atoms with E-state index in [0.29, 0.717) is 27.0 Å². The van der Waals surface area contributed by atoms with Crippen LogP contribution in [0.15, 0.2) is 66.7 Å². The van der Waals surface area contributed by atoms with Crippen molar-refractivity contribution in [3.63, 3.8) is 0 Å². The quantitative estimate of drug-likeness (QED) is 0.461. The van der Waals surface area contributed by atoms with Crippen molar-refractivity contribution in [1.29, 1.82) is 0 Å². The monoisotopic (exact) mass is 460 g/mol. The molecule has 8 heteroatoms. The average molecular weight is 461 g/mol. The topological polar surface area (TPSA) is 59.6 Å². The zero-order valence-corrected chi connectivity index (χ0v) is 18.3. The molecule has 0 aliphatic heterocycles. The van der Waals surface area contributed by atoms with E-state index in [1.54, 1.807) is 61.7 Å². The van der Waals surface area contributed by atoms with E-state index in [9.17, 15) is 4.79 Å². The molecule has 3 aromatic carbocycles. The lowest BCUT2D eigenvalue weighted by Crippen LogP contribution is -2.34. The third-order valence-electron chi connectivity index (χ3n) is 4.12. The summed E-state index contributed by atoms with van der Waals surface area (Å²) in [5.74, 6) is 1.05. The normalized spacial score (nSPS) is 10.2. The molecule has 0 heterocycles. The van der Waals surface area contributed by atoms with Crippen LogP contribution < -0.4 is 20.1 Å². The number of anilines is 1. The van der Waals surface area contributed by atoms with E-state index < -0.39 is 0 Å². The summed E-state index contributed by atoms with van der Waals surface area (Å²) >= 11 is 17.3. The van der Waals surface area contributed by atoms with Crippen LogP contribution in [0.5, 0.6) is 11.5 Å². The summed E-state index contributed by atoms with van der Waals surface area (Å²) in [4.78, 5) is 12.7. The van der Waals surface area contributed by atoms with Gasteiger partial charge in [-0.25, -0.2) is 0 Å². The van der Waals surface area contributed by atoms with Crippen molar-refractivity contribution in [1.82, 2.24) is 5.32 Å². The van der Waals surface area contributed by atoms with Gasteiger partial charge < -0.3 is 14.8 Å². The minimum atomic E-state index is -0.355. The van der Waals surface area contributed by atoms with E-state index >= 15 is 0 Å². The highest BCUT2D eigenvalue weighted by Crippen LogP contribution is 2.25. The first-order chi connectivity index (χ1) is 14.5. The predicted molar refractivity (Wildman–Crippen MR) is 124 cm³/mol. The number of methoxy groups -OCH3 is 1. The minimum absolute atomic E-state index is 0.120. The van der Waals surface area contributed by atoms with Crippen molar-refractivity contribution in [2.75, 3.05) is 12.4 Å². The number of rotatable bonds is 6. The first-order valence-corrected chi connectivity index (χ1v) is 10.0. The molecular formula is C22H18Cl2N2O3S. The van der Waals surface area contributed by atoms with Crippen molar-refractivity contribution >= 4 is 52.1 Å². The Kier molecular flexibility index (Phi) is 7.52. The zero-order valence-electron chi connectivity index (χ0n) is 15.9. The first-order valence-electron chi connectivity index (χ1n) is 8.88. The van der Waals surface area contributed by atoms with Crippen molar-refractivity contribution in [2.24, 2.45) is 0 Å². The molecule has 0 atom stereocenters. The van der Waals surface area contributed by atoms with Crippen LogP contribution in [0.3, 0.4) is 0 Å². The number of halogens is 2. The van der Waals surface area contributed by atoms with Crippen LogP contribution in [0.25, 0.3) is 0 Å². The van der Waals surface area contributed by atoms with Crippen LogP contribution >= 0.6 is 35.4 Å². The Bertz CT molecular complexity index is 1060. The molecular weight excluding hydrogens is 443 g/mol. The zero-order chi connectivity index (χ0) is 21.5. The van der Waals surface area contributed by atoms with Gasteiger partial charge in [0.05, 0.1) is 17.8 Å².